The lowest BCUT2D eigenvalue weighted by Crippen LogP contribution is -2.28. The molecule has 0 atom stereocenters. The first-order chi connectivity index (χ1) is 13.6. The van der Waals surface area contributed by atoms with E-state index < -0.39 is 0 Å². The highest BCUT2D eigenvalue weighted by Gasteiger charge is 2.16. The number of hydrogen-bond donors (Lipinski definition) is 0. The first-order valence-electron chi connectivity index (χ1n) is 9.07. The van der Waals surface area contributed by atoms with Gasteiger partial charge in [-0.25, -0.2) is 4.98 Å². The molecule has 0 unspecified atom stereocenters. The van der Waals surface area contributed by atoms with Gasteiger partial charge in [0.05, 0.1) is 30.5 Å². The maximum Gasteiger partial charge on any atom is 0.233 e. The Kier molecular flexibility index (Phi) is 6.95. The zero-order valence-electron chi connectivity index (χ0n) is 16.4. The number of methoxy groups -OCH3 is 2. The van der Waals surface area contributed by atoms with Crippen LogP contribution >= 0.6 is 11.8 Å². The highest BCUT2D eigenvalue weighted by Crippen LogP contribution is 2.25. The summed E-state index contributed by atoms with van der Waals surface area (Å²) in [6.45, 7) is 1.80. The third kappa shape index (κ3) is 4.66. The van der Waals surface area contributed by atoms with Crippen LogP contribution < -0.4 is 4.74 Å². The fourth-order valence-electron chi connectivity index (χ4n) is 2.98. The van der Waals surface area contributed by atoms with Gasteiger partial charge in [-0.1, -0.05) is 42.1 Å². The summed E-state index contributed by atoms with van der Waals surface area (Å²) in [5.41, 5.74) is 2.96. The van der Waals surface area contributed by atoms with E-state index in [9.17, 15) is 4.79 Å². The normalized spacial score (nSPS) is 11.0. The third-order valence-corrected chi connectivity index (χ3v) is 5.45. The topological polar surface area (TPSA) is 56.6 Å². The lowest BCUT2D eigenvalue weighted by atomic mass is 10.2. The van der Waals surface area contributed by atoms with Gasteiger partial charge in [0.25, 0.3) is 0 Å². The summed E-state index contributed by atoms with van der Waals surface area (Å²) < 4.78 is 12.7. The second-order valence-corrected chi connectivity index (χ2v) is 7.32. The number of benzene rings is 2. The van der Waals surface area contributed by atoms with Crippen molar-refractivity contribution in [2.75, 3.05) is 33.6 Å². The summed E-state index contributed by atoms with van der Waals surface area (Å²) in [7, 11) is 5.13. The molecule has 0 saturated carbocycles. The highest BCUT2D eigenvalue weighted by atomic mass is 32.2. The highest BCUT2D eigenvalue weighted by molar-refractivity contribution is 7.99. The first kappa shape index (κ1) is 20.2. The first-order valence-corrected chi connectivity index (χ1v) is 10.1. The van der Waals surface area contributed by atoms with E-state index in [4.69, 9.17) is 9.47 Å². The third-order valence-electron chi connectivity index (χ3n) is 4.49. The Morgan fingerprint density at radius 1 is 1.14 bits per heavy atom. The van der Waals surface area contributed by atoms with Crippen molar-refractivity contribution < 1.29 is 14.3 Å². The van der Waals surface area contributed by atoms with Crippen LogP contribution in [0.2, 0.25) is 0 Å². The number of imidazole rings is 1. The number of amides is 1. The molecule has 0 aliphatic rings. The van der Waals surface area contributed by atoms with Crippen LogP contribution in [0, 0.1) is 0 Å². The van der Waals surface area contributed by atoms with Crippen LogP contribution in [0.5, 0.6) is 5.75 Å². The minimum Gasteiger partial charge on any atom is -0.496 e. The van der Waals surface area contributed by atoms with Gasteiger partial charge in [0.15, 0.2) is 5.16 Å². The molecule has 3 aromatic rings. The number of hydrogen-bond acceptors (Lipinski definition) is 5. The molecule has 2 aromatic carbocycles. The number of rotatable bonds is 9. The molecule has 28 heavy (non-hydrogen) atoms. The molecular weight excluding hydrogens is 374 g/mol. The molecule has 3 rings (SSSR count). The molecule has 1 amide bonds. The van der Waals surface area contributed by atoms with E-state index in [2.05, 4.69) is 9.55 Å². The van der Waals surface area contributed by atoms with E-state index in [1.54, 1.807) is 19.1 Å². The maximum absolute atomic E-state index is 12.7. The van der Waals surface area contributed by atoms with Gasteiger partial charge in [0.1, 0.15) is 5.75 Å². The Morgan fingerprint density at radius 2 is 1.89 bits per heavy atom. The summed E-state index contributed by atoms with van der Waals surface area (Å²) in [6.07, 6.45) is 0. The molecule has 1 heterocycles. The van der Waals surface area contributed by atoms with Gasteiger partial charge in [0.2, 0.25) is 5.91 Å². The number of thioether (sulfide) groups is 1. The SMILES string of the molecule is COCCn1c(SCC(=O)N(C)Cc2ccccc2OC)nc2ccccc21. The molecule has 0 bridgehead atoms. The molecule has 0 aliphatic heterocycles. The van der Waals surface area contributed by atoms with Crippen LogP contribution in [0.4, 0.5) is 0 Å². The zero-order chi connectivity index (χ0) is 19.9. The zero-order valence-corrected chi connectivity index (χ0v) is 17.2. The van der Waals surface area contributed by atoms with Gasteiger partial charge in [-0.2, -0.15) is 0 Å². The van der Waals surface area contributed by atoms with E-state index in [0.717, 1.165) is 27.5 Å². The Hall–Kier alpha value is -2.51. The van der Waals surface area contributed by atoms with Crippen LogP contribution in [0.25, 0.3) is 11.0 Å². The molecular formula is C21H25N3O3S. The molecule has 0 aliphatic carbocycles. The lowest BCUT2D eigenvalue weighted by molar-refractivity contribution is -0.127. The van der Waals surface area contributed by atoms with Gasteiger partial charge >= 0.3 is 0 Å². The summed E-state index contributed by atoms with van der Waals surface area (Å²) in [6, 6.07) is 15.7. The average molecular weight is 400 g/mol. The Bertz CT molecular complexity index is 942. The van der Waals surface area contributed by atoms with Crippen molar-refractivity contribution in [1.29, 1.82) is 0 Å². The van der Waals surface area contributed by atoms with Gasteiger partial charge in [-0.05, 0) is 18.2 Å². The average Bonchev–Trinajstić information content (AvgIpc) is 3.08. The van der Waals surface area contributed by atoms with Gasteiger partial charge in [-0.15, -0.1) is 0 Å². The molecule has 0 radical (unpaired) electrons. The van der Waals surface area contributed by atoms with Crippen LogP contribution in [-0.2, 0) is 22.6 Å². The quantitative estimate of drug-likeness (QED) is 0.516. The van der Waals surface area contributed by atoms with Crippen molar-refractivity contribution in [2.45, 2.75) is 18.2 Å². The van der Waals surface area contributed by atoms with Crippen molar-refractivity contribution >= 4 is 28.7 Å². The van der Waals surface area contributed by atoms with Gasteiger partial charge in [0, 0.05) is 32.8 Å². The van der Waals surface area contributed by atoms with Crippen molar-refractivity contribution in [1.82, 2.24) is 14.5 Å². The summed E-state index contributed by atoms with van der Waals surface area (Å²) >= 11 is 1.45. The fraction of sp³-hybridized carbons (Fsp3) is 0.333. The Balaban J connectivity index is 1.68. The van der Waals surface area contributed by atoms with Crippen molar-refractivity contribution in [3.63, 3.8) is 0 Å². The molecule has 0 fully saturated rings. The molecule has 1 aromatic heterocycles. The van der Waals surface area contributed by atoms with Gasteiger partial charge < -0.3 is 18.9 Å². The molecule has 148 valence electrons. The van der Waals surface area contributed by atoms with Crippen LogP contribution in [0.3, 0.4) is 0 Å². The Labute approximate surface area is 169 Å². The van der Waals surface area contributed by atoms with Crippen LogP contribution in [-0.4, -0.2) is 54.0 Å². The molecule has 0 saturated heterocycles. The van der Waals surface area contributed by atoms with E-state index >= 15 is 0 Å². The maximum atomic E-state index is 12.7. The van der Waals surface area contributed by atoms with E-state index in [1.807, 2.05) is 55.6 Å². The minimum atomic E-state index is 0.0428. The van der Waals surface area contributed by atoms with Crippen molar-refractivity contribution in [3.05, 3.63) is 54.1 Å². The smallest absolute Gasteiger partial charge is 0.233 e. The number of para-hydroxylation sites is 3. The molecule has 7 heteroatoms. The lowest BCUT2D eigenvalue weighted by Gasteiger charge is -2.18. The monoisotopic (exact) mass is 399 g/mol. The number of ether oxygens (including phenoxy) is 2. The van der Waals surface area contributed by atoms with Crippen LogP contribution in [0.1, 0.15) is 5.56 Å². The van der Waals surface area contributed by atoms with E-state index in [-0.39, 0.29) is 5.91 Å². The summed E-state index contributed by atoms with van der Waals surface area (Å²) in [5.74, 6) is 1.15. The second kappa shape index (κ2) is 9.61. The largest absolute Gasteiger partial charge is 0.496 e. The Morgan fingerprint density at radius 3 is 2.68 bits per heavy atom. The number of carbonyl (C=O) groups is 1. The molecule has 0 spiro atoms. The predicted octanol–water partition coefficient (Wildman–Crippen LogP) is 3.44. The summed E-state index contributed by atoms with van der Waals surface area (Å²) in [5, 5.41) is 0.831. The molecule has 6 nitrogen and oxygen atoms in total. The van der Waals surface area contributed by atoms with Crippen molar-refractivity contribution in [3.8, 4) is 5.75 Å². The second-order valence-electron chi connectivity index (χ2n) is 6.38. The standard InChI is InChI=1S/C21H25N3O3S/c1-23(14-16-8-4-7-11-19(16)27-3)20(25)15-28-21-22-17-9-5-6-10-18(17)24(21)12-13-26-2/h4-11H,12-15H2,1-3H3. The van der Waals surface area contributed by atoms with E-state index in [1.165, 1.54) is 11.8 Å². The number of aromatic nitrogens is 2. The number of fused-ring (bicyclic) bond motifs is 1. The number of carbonyl (C=O) groups excluding carboxylic acids is 1. The van der Waals surface area contributed by atoms with E-state index in [0.29, 0.717) is 25.4 Å². The van der Waals surface area contributed by atoms with Crippen molar-refractivity contribution in [2.24, 2.45) is 0 Å². The van der Waals surface area contributed by atoms with Gasteiger partial charge in [-0.3, -0.25) is 4.79 Å². The minimum absolute atomic E-state index is 0.0428. The molecule has 0 N–H and O–H groups in total. The summed E-state index contributed by atoms with van der Waals surface area (Å²) in [4.78, 5) is 19.1. The van der Waals surface area contributed by atoms with Crippen LogP contribution in [0.15, 0.2) is 53.7 Å². The predicted molar refractivity (Wildman–Crippen MR) is 112 cm³/mol. The number of nitrogens with zero attached hydrogens (tertiary/aromatic N) is 3. The fourth-order valence-corrected chi connectivity index (χ4v) is 3.96.